The van der Waals surface area contributed by atoms with Crippen LogP contribution < -0.4 is 4.74 Å². The Bertz CT molecular complexity index is 602. The second-order valence-corrected chi connectivity index (χ2v) is 6.19. The van der Waals surface area contributed by atoms with Gasteiger partial charge in [-0.2, -0.15) is 0 Å². The quantitative estimate of drug-likeness (QED) is 0.740. The zero-order valence-electron chi connectivity index (χ0n) is 11.9. The first kappa shape index (κ1) is 14.9. The normalized spacial score (nSPS) is 11.4. The predicted molar refractivity (Wildman–Crippen MR) is 80.9 cm³/mol. The van der Waals surface area contributed by atoms with Crippen molar-refractivity contribution in [1.29, 1.82) is 0 Å². The van der Waals surface area contributed by atoms with E-state index in [1.165, 1.54) is 6.07 Å². The highest BCUT2D eigenvalue weighted by molar-refractivity contribution is 6.30. The van der Waals surface area contributed by atoms with Crippen LogP contribution in [0.4, 0.5) is 4.39 Å². The number of halogens is 2. The molecule has 0 saturated carbocycles. The van der Waals surface area contributed by atoms with E-state index in [2.05, 4.69) is 26.8 Å². The Balaban J connectivity index is 2.17. The highest BCUT2D eigenvalue weighted by Gasteiger charge is 2.18. The Morgan fingerprint density at radius 2 is 1.80 bits per heavy atom. The summed E-state index contributed by atoms with van der Waals surface area (Å²) >= 11 is 5.77. The van der Waals surface area contributed by atoms with E-state index < -0.39 is 5.82 Å². The highest BCUT2D eigenvalue weighted by atomic mass is 35.5. The molecule has 2 rings (SSSR count). The smallest absolute Gasteiger partial charge is 0.141 e. The molecule has 106 valence electrons. The number of para-hydroxylation sites is 1. The third-order valence-corrected chi connectivity index (χ3v) is 3.36. The molecular weight excluding hydrogens is 275 g/mol. The lowest BCUT2D eigenvalue weighted by Gasteiger charge is -2.22. The molecule has 20 heavy (non-hydrogen) atoms. The topological polar surface area (TPSA) is 9.23 Å². The van der Waals surface area contributed by atoms with E-state index in [1.54, 1.807) is 12.1 Å². The maximum atomic E-state index is 13.1. The van der Waals surface area contributed by atoms with Crippen molar-refractivity contribution < 1.29 is 9.13 Å². The highest BCUT2D eigenvalue weighted by Crippen LogP contribution is 2.31. The monoisotopic (exact) mass is 292 g/mol. The molecule has 1 nitrogen and oxygen atoms in total. The number of hydrogen-bond acceptors (Lipinski definition) is 1. The largest absolute Gasteiger partial charge is 0.489 e. The zero-order chi connectivity index (χ0) is 14.8. The lowest BCUT2D eigenvalue weighted by molar-refractivity contribution is 0.297. The van der Waals surface area contributed by atoms with Crippen molar-refractivity contribution in [3.8, 4) is 5.75 Å². The van der Waals surface area contributed by atoms with Crippen molar-refractivity contribution in [3.63, 3.8) is 0 Å². The minimum Gasteiger partial charge on any atom is -0.489 e. The van der Waals surface area contributed by atoms with E-state index in [9.17, 15) is 4.39 Å². The summed E-state index contributed by atoms with van der Waals surface area (Å²) < 4.78 is 19.0. The molecule has 2 aromatic rings. The summed E-state index contributed by atoms with van der Waals surface area (Å²) in [5, 5.41) is 0.121. The summed E-state index contributed by atoms with van der Waals surface area (Å²) in [5.74, 6) is 0.436. The van der Waals surface area contributed by atoms with Gasteiger partial charge in [-0.05, 0) is 34.7 Å². The lowest BCUT2D eigenvalue weighted by atomic mass is 9.86. The van der Waals surface area contributed by atoms with Crippen LogP contribution in [0.5, 0.6) is 5.75 Å². The Hall–Kier alpha value is -1.54. The van der Waals surface area contributed by atoms with Gasteiger partial charge in [0.1, 0.15) is 18.2 Å². The van der Waals surface area contributed by atoms with Crippen molar-refractivity contribution >= 4 is 11.6 Å². The molecule has 3 heteroatoms. The Kier molecular flexibility index (Phi) is 4.34. The number of benzene rings is 2. The third kappa shape index (κ3) is 3.51. The molecule has 0 saturated heterocycles. The van der Waals surface area contributed by atoms with Gasteiger partial charge in [0.2, 0.25) is 0 Å². The second kappa shape index (κ2) is 5.84. The van der Waals surface area contributed by atoms with Gasteiger partial charge in [-0.15, -0.1) is 0 Å². The molecule has 0 fully saturated rings. The Morgan fingerprint density at radius 3 is 2.45 bits per heavy atom. The van der Waals surface area contributed by atoms with Crippen LogP contribution in [0.1, 0.15) is 31.9 Å². The fourth-order valence-electron chi connectivity index (χ4n) is 2.00. The molecule has 0 unspecified atom stereocenters. The number of ether oxygens (including phenoxy) is 1. The third-order valence-electron chi connectivity index (χ3n) is 3.07. The molecule has 0 atom stereocenters. The number of hydrogen-bond donors (Lipinski definition) is 0. The van der Waals surface area contributed by atoms with E-state index in [0.717, 1.165) is 16.9 Å². The maximum Gasteiger partial charge on any atom is 0.141 e. The average molecular weight is 293 g/mol. The summed E-state index contributed by atoms with van der Waals surface area (Å²) in [4.78, 5) is 0. The molecule has 0 heterocycles. The first-order valence-corrected chi connectivity index (χ1v) is 6.92. The molecule has 0 aliphatic carbocycles. The summed E-state index contributed by atoms with van der Waals surface area (Å²) in [6.07, 6.45) is 0. The first-order valence-electron chi connectivity index (χ1n) is 6.54. The summed E-state index contributed by atoms with van der Waals surface area (Å²) in [6, 6.07) is 12.6. The van der Waals surface area contributed by atoms with Crippen LogP contribution in [0, 0.1) is 5.82 Å². The van der Waals surface area contributed by atoms with E-state index in [4.69, 9.17) is 16.3 Å². The van der Waals surface area contributed by atoms with Gasteiger partial charge >= 0.3 is 0 Å². The van der Waals surface area contributed by atoms with Gasteiger partial charge in [-0.1, -0.05) is 56.6 Å². The first-order chi connectivity index (χ1) is 9.38. The van der Waals surface area contributed by atoms with Crippen LogP contribution in [0.3, 0.4) is 0 Å². The van der Waals surface area contributed by atoms with Crippen LogP contribution in [0.2, 0.25) is 5.02 Å². The van der Waals surface area contributed by atoms with Gasteiger partial charge in [0.25, 0.3) is 0 Å². The minimum atomic E-state index is -0.412. The van der Waals surface area contributed by atoms with Crippen LogP contribution in [0.15, 0.2) is 42.5 Å². The van der Waals surface area contributed by atoms with Crippen LogP contribution in [-0.2, 0) is 12.0 Å². The van der Waals surface area contributed by atoms with Gasteiger partial charge in [0.05, 0.1) is 5.02 Å². The van der Waals surface area contributed by atoms with Crippen molar-refractivity contribution in [3.05, 3.63) is 64.4 Å². The van der Waals surface area contributed by atoms with Gasteiger partial charge < -0.3 is 4.74 Å². The van der Waals surface area contributed by atoms with E-state index in [-0.39, 0.29) is 10.4 Å². The standard InChI is InChI=1S/C17H18ClFO/c1-17(2,3)13-6-4-5-7-16(13)20-11-12-8-9-15(19)14(18)10-12/h4-10H,11H2,1-3H3. The van der Waals surface area contributed by atoms with Gasteiger partial charge in [-0.25, -0.2) is 4.39 Å². The molecule has 0 aliphatic rings. The van der Waals surface area contributed by atoms with Crippen LogP contribution in [0.25, 0.3) is 0 Å². The molecule has 0 amide bonds. The second-order valence-electron chi connectivity index (χ2n) is 5.78. The van der Waals surface area contributed by atoms with E-state index in [0.29, 0.717) is 6.61 Å². The fraction of sp³-hybridized carbons (Fsp3) is 0.294. The van der Waals surface area contributed by atoms with Gasteiger partial charge in [0, 0.05) is 0 Å². The van der Waals surface area contributed by atoms with Crippen molar-refractivity contribution in [2.45, 2.75) is 32.8 Å². The lowest BCUT2D eigenvalue weighted by Crippen LogP contribution is -2.13. The Labute approximate surface area is 124 Å². The van der Waals surface area contributed by atoms with Gasteiger partial charge in [-0.3, -0.25) is 0 Å². The van der Waals surface area contributed by atoms with Crippen LogP contribution in [-0.4, -0.2) is 0 Å². The predicted octanol–water partition coefficient (Wildman–Crippen LogP) is 5.36. The molecule has 0 radical (unpaired) electrons. The minimum absolute atomic E-state index is 0.0109. The van der Waals surface area contributed by atoms with Crippen LogP contribution >= 0.6 is 11.6 Å². The summed E-state index contributed by atoms with van der Waals surface area (Å²) in [7, 11) is 0. The molecule has 0 aromatic heterocycles. The molecule has 0 bridgehead atoms. The molecule has 2 aromatic carbocycles. The summed E-state index contributed by atoms with van der Waals surface area (Å²) in [5.41, 5.74) is 2.00. The molecule has 0 spiro atoms. The summed E-state index contributed by atoms with van der Waals surface area (Å²) in [6.45, 7) is 6.80. The van der Waals surface area contributed by atoms with Crippen molar-refractivity contribution in [1.82, 2.24) is 0 Å². The molecular formula is C17H18ClFO. The zero-order valence-corrected chi connectivity index (χ0v) is 12.7. The maximum absolute atomic E-state index is 13.1. The molecule has 0 aliphatic heterocycles. The van der Waals surface area contributed by atoms with Gasteiger partial charge in [0.15, 0.2) is 0 Å². The van der Waals surface area contributed by atoms with Crippen molar-refractivity contribution in [2.75, 3.05) is 0 Å². The van der Waals surface area contributed by atoms with E-state index >= 15 is 0 Å². The van der Waals surface area contributed by atoms with E-state index in [1.807, 2.05) is 18.2 Å². The number of rotatable bonds is 3. The fourth-order valence-corrected chi connectivity index (χ4v) is 2.21. The SMILES string of the molecule is CC(C)(C)c1ccccc1OCc1ccc(F)c(Cl)c1. The molecule has 0 N–H and O–H groups in total. The average Bonchev–Trinajstić information content (AvgIpc) is 2.39. The van der Waals surface area contributed by atoms with Crippen molar-refractivity contribution in [2.24, 2.45) is 0 Å². The Morgan fingerprint density at radius 1 is 1.10 bits per heavy atom.